The Balaban J connectivity index is 1.35. The molecule has 9 nitrogen and oxygen atoms in total. The van der Waals surface area contributed by atoms with Crippen molar-refractivity contribution in [3.05, 3.63) is 42.5 Å². The molecule has 7 rings (SSSR count). The van der Waals surface area contributed by atoms with E-state index in [0.717, 1.165) is 49.9 Å². The van der Waals surface area contributed by atoms with Gasteiger partial charge in [-0.25, -0.2) is 9.67 Å². The number of nitrogens with two attached hydrogens (primary N) is 2. The zero-order valence-electron chi connectivity index (χ0n) is 33.6. The number of nitrogens with zero attached hydrogens (tertiary/aromatic N) is 4. The summed E-state index contributed by atoms with van der Waals surface area (Å²) in [5, 5.41) is 4.97. The van der Waals surface area contributed by atoms with Gasteiger partial charge < -0.3 is 20.9 Å². The summed E-state index contributed by atoms with van der Waals surface area (Å²) < 4.78 is 16.1. The Labute approximate surface area is 312 Å². The van der Waals surface area contributed by atoms with Crippen molar-refractivity contribution in [2.24, 2.45) is 74.0 Å². The number of hydrogen-bond donors (Lipinski definition) is 2. The van der Waals surface area contributed by atoms with Crippen molar-refractivity contribution in [1.82, 2.24) is 19.7 Å². The quantitative estimate of drug-likeness (QED) is 0.256. The predicted octanol–water partition coefficient (Wildman–Crippen LogP) is 7.63. The molecule has 3 saturated carbocycles. The van der Waals surface area contributed by atoms with E-state index in [-0.39, 0.29) is 57.0 Å². The van der Waals surface area contributed by atoms with Crippen LogP contribution in [-0.4, -0.2) is 57.1 Å². The van der Waals surface area contributed by atoms with Gasteiger partial charge in [0.05, 0.1) is 32.0 Å². The third-order valence-corrected chi connectivity index (χ3v) is 16.8. The summed E-state index contributed by atoms with van der Waals surface area (Å²) in [5.41, 5.74) is 14.5. The summed E-state index contributed by atoms with van der Waals surface area (Å²) in [4.78, 5) is 22.9. The van der Waals surface area contributed by atoms with Crippen molar-refractivity contribution >= 4 is 5.91 Å². The Hall–Kier alpha value is -2.62. The lowest BCUT2D eigenvalue weighted by atomic mass is 9.34. The Morgan fingerprint density at radius 1 is 1.06 bits per heavy atom. The second kappa shape index (κ2) is 12.7. The molecule has 4 N–H and O–H groups in total. The first-order chi connectivity index (χ1) is 24.4. The van der Waals surface area contributed by atoms with E-state index in [1.165, 1.54) is 0 Å². The van der Waals surface area contributed by atoms with Crippen LogP contribution in [0.25, 0.3) is 11.4 Å². The van der Waals surface area contributed by atoms with Crippen LogP contribution in [0.4, 0.5) is 0 Å². The minimum Gasteiger partial charge on any atom is -0.380 e. The molecule has 1 unspecified atom stereocenters. The summed E-state index contributed by atoms with van der Waals surface area (Å²) in [5.74, 6) is 2.35. The number of fused-ring (bicyclic) bond motifs is 3. The third kappa shape index (κ3) is 5.25. The topological polar surface area (TPSA) is 131 Å². The van der Waals surface area contributed by atoms with Crippen LogP contribution in [0.15, 0.2) is 42.5 Å². The maximum atomic E-state index is 13.8. The number of allylic oxidation sites excluding steroid dienone is 1. The molecule has 2 aromatic heterocycles. The van der Waals surface area contributed by atoms with Gasteiger partial charge in [0.25, 0.3) is 0 Å². The van der Waals surface area contributed by atoms with E-state index < -0.39 is 5.54 Å². The number of carbonyl (C=O) groups excluding carboxylic acids is 1. The molecular weight excluding hydrogens is 649 g/mol. The lowest BCUT2D eigenvalue weighted by Gasteiger charge is -2.71. The zero-order chi connectivity index (χ0) is 37.6. The highest BCUT2D eigenvalue weighted by atomic mass is 16.5. The number of amides is 1. The van der Waals surface area contributed by atoms with Crippen LogP contribution < -0.4 is 11.5 Å². The Bertz CT molecular complexity index is 1690. The summed E-state index contributed by atoms with van der Waals surface area (Å²) in [7, 11) is 0. The molecule has 0 radical (unpaired) electrons. The molecule has 0 spiro atoms. The molecule has 1 saturated heterocycles. The van der Waals surface area contributed by atoms with Gasteiger partial charge in [0.15, 0.2) is 5.82 Å². The van der Waals surface area contributed by atoms with Crippen molar-refractivity contribution in [2.45, 2.75) is 125 Å². The van der Waals surface area contributed by atoms with Gasteiger partial charge in [0.2, 0.25) is 5.91 Å². The molecule has 2 bridgehead atoms. The van der Waals surface area contributed by atoms with Gasteiger partial charge in [-0.05, 0) is 103 Å². The third-order valence-electron chi connectivity index (χ3n) is 16.8. The van der Waals surface area contributed by atoms with Crippen LogP contribution in [0.5, 0.6) is 0 Å². The van der Waals surface area contributed by atoms with Gasteiger partial charge in [-0.3, -0.25) is 9.78 Å². The van der Waals surface area contributed by atoms with Gasteiger partial charge in [-0.2, -0.15) is 5.10 Å². The SMILES string of the molecule is CC(C)[C@@H](C)[C@@]1(C)CC[C@]2(C)[C@H]3CC[C@H]4C5(C)COC[C@@]4(C[C@@H](n4ncnc4-c4ccncc4)[C@@H]5OC[C@@](C)(N)C(C)C)C3=CC[C@@]2(C)[C@@H]1C(N)=O. The highest BCUT2D eigenvalue weighted by Gasteiger charge is 2.71. The van der Waals surface area contributed by atoms with E-state index in [0.29, 0.717) is 43.5 Å². The molecule has 2 aromatic rings. The highest BCUT2D eigenvalue weighted by molar-refractivity contribution is 5.79. The van der Waals surface area contributed by atoms with Gasteiger partial charge in [0.1, 0.15) is 6.33 Å². The first kappa shape index (κ1) is 37.7. The molecule has 0 aromatic carbocycles. The fraction of sp³-hybridized carbons (Fsp3) is 0.767. The van der Waals surface area contributed by atoms with Crippen LogP contribution >= 0.6 is 0 Å². The first-order valence-electron chi connectivity index (χ1n) is 20.2. The molecule has 286 valence electrons. The van der Waals surface area contributed by atoms with Crippen LogP contribution in [0, 0.1) is 62.6 Å². The Morgan fingerprint density at radius 3 is 2.42 bits per heavy atom. The maximum Gasteiger partial charge on any atom is 0.221 e. The molecule has 5 aliphatic rings. The molecule has 4 fully saturated rings. The van der Waals surface area contributed by atoms with Crippen molar-refractivity contribution in [3.8, 4) is 11.4 Å². The number of pyridine rings is 1. The van der Waals surface area contributed by atoms with Crippen LogP contribution in [-0.2, 0) is 14.3 Å². The normalized spacial score (nSPS) is 41.7. The van der Waals surface area contributed by atoms with Crippen LogP contribution in [0.2, 0.25) is 0 Å². The summed E-state index contributed by atoms with van der Waals surface area (Å²) >= 11 is 0. The van der Waals surface area contributed by atoms with E-state index in [1.807, 2.05) is 24.5 Å². The van der Waals surface area contributed by atoms with Crippen molar-refractivity contribution in [2.75, 3.05) is 19.8 Å². The second-order valence-electron chi connectivity index (χ2n) is 19.8. The van der Waals surface area contributed by atoms with Crippen molar-refractivity contribution in [1.29, 1.82) is 0 Å². The summed E-state index contributed by atoms with van der Waals surface area (Å²) in [6, 6.07) is 3.94. The minimum absolute atomic E-state index is 0.0719. The lowest BCUT2D eigenvalue weighted by Crippen LogP contribution is -2.69. The number of carbonyl (C=O) groups is 1. The standard InChI is InChI=1S/C43H66N6O3/c1-26(2)28(5)38(6)17-18-40(8)30-11-12-33-39(7)22-51-24-43(33,31(30)13-16-41(40,9)34(38)36(44)50)21-32(35(39)52-23-42(10,45)27(3)4)49-37(47-25-48-49)29-14-19-46-20-15-29/h13-15,19-20,25-28,30,32-35H,11-12,16-18,21-24,45H2,1-10H3,(H2,44,50)/t28-,30+,32-,33+,34-,35+,38-,39?,40-,41+,42-,43+/m1/s1. The fourth-order valence-electron chi connectivity index (χ4n) is 12.8. The summed E-state index contributed by atoms with van der Waals surface area (Å²) in [6.45, 7) is 24.8. The van der Waals surface area contributed by atoms with Gasteiger partial charge in [0, 0.05) is 40.2 Å². The number of primary amides is 1. The molecular formula is C43H66N6O3. The molecule has 4 aliphatic carbocycles. The largest absolute Gasteiger partial charge is 0.380 e. The molecule has 9 heteroatoms. The van der Waals surface area contributed by atoms with Gasteiger partial charge >= 0.3 is 0 Å². The zero-order valence-corrected chi connectivity index (χ0v) is 33.6. The second-order valence-corrected chi connectivity index (χ2v) is 19.8. The van der Waals surface area contributed by atoms with Gasteiger partial charge in [-0.1, -0.05) is 74.0 Å². The minimum atomic E-state index is -0.483. The van der Waals surface area contributed by atoms with Crippen molar-refractivity contribution in [3.63, 3.8) is 0 Å². The van der Waals surface area contributed by atoms with Crippen LogP contribution in [0.3, 0.4) is 0 Å². The molecule has 1 amide bonds. The number of hydrogen-bond acceptors (Lipinski definition) is 7. The number of rotatable bonds is 9. The molecule has 3 heterocycles. The number of aromatic nitrogens is 4. The van der Waals surface area contributed by atoms with E-state index in [4.69, 9.17) is 31.0 Å². The Kier molecular flexibility index (Phi) is 9.22. The van der Waals surface area contributed by atoms with E-state index in [9.17, 15) is 4.79 Å². The van der Waals surface area contributed by atoms with E-state index >= 15 is 0 Å². The molecule has 1 aliphatic heterocycles. The molecule has 52 heavy (non-hydrogen) atoms. The maximum absolute atomic E-state index is 13.8. The highest BCUT2D eigenvalue weighted by Crippen LogP contribution is 2.75. The lowest BCUT2D eigenvalue weighted by molar-refractivity contribution is -0.251. The smallest absolute Gasteiger partial charge is 0.221 e. The fourth-order valence-corrected chi connectivity index (χ4v) is 12.8. The van der Waals surface area contributed by atoms with Gasteiger partial charge in [-0.15, -0.1) is 0 Å². The van der Waals surface area contributed by atoms with Crippen LogP contribution in [0.1, 0.15) is 114 Å². The van der Waals surface area contributed by atoms with Crippen molar-refractivity contribution < 1.29 is 14.3 Å². The average Bonchev–Trinajstić information content (AvgIpc) is 3.58. The molecule has 12 atom stereocenters. The number of ether oxygens (including phenoxy) is 2. The average molecular weight is 715 g/mol. The van der Waals surface area contributed by atoms with E-state index in [2.05, 4.69) is 85.0 Å². The summed E-state index contributed by atoms with van der Waals surface area (Å²) in [6.07, 6.45) is 13.7. The first-order valence-corrected chi connectivity index (χ1v) is 20.2. The predicted molar refractivity (Wildman–Crippen MR) is 205 cm³/mol. The van der Waals surface area contributed by atoms with E-state index in [1.54, 1.807) is 11.9 Å². The Morgan fingerprint density at radius 2 is 1.77 bits per heavy atom. The monoisotopic (exact) mass is 715 g/mol.